The van der Waals surface area contributed by atoms with Crippen LogP contribution in [-0.4, -0.2) is 30.2 Å². The van der Waals surface area contributed by atoms with Gasteiger partial charge in [-0.3, -0.25) is 4.79 Å². The number of carbonyl (C=O) groups is 2. The van der Waals surface area contributed by atoms with Crippen molar-refractivity contribution in [3.8, 4) is 5.75 Å². The minimum atomic E-state index is -0.590. The number of hydrogen-bond acceptors (Lipinski definition) is 4. The first-order valence-corrected chi connectivity index (χ1v) is 9.47. The van der Waals surface area contributed by atoms with Gasteiger partial charge in [0, 0.05) is 18.7 Å². The van der Waals surface area contributed by atoms with E-state index < -0.39 is 11.7 Å². The highest BCUT2D eigenvalue weighted by Crippen LogP contribution is 2.25. The van der Waals surface area contributed by atoms with Gasteiger partial charge >= 0.3 is 6.09 Å². The zero-order valence-corrected chi connectivity index (χ0v) is 16.8. The number of nitrogens with one attached hydrogen (secondary N) is 1. The number of amides is 2. The molecule has 6 nitrogen and oxygen atoms in total. The molecule has 0 spiro atoms. The maximum Gasteiger partial charge on any atom is 0.407 e. The Morgan fingerprint density at radius 2 is 1.93 bits per heavy atom. The number of rotatable bonds is 5. The lowest BCUT2D eigenvalue weighted by atomic mass is 10.2. The third kappa shape index (κ3) is 5.94. The SMILES string of the molecule is CC(C)(C)OC(=O)NC1CC(=O)N(c2ccc(OCc3cccc(F)c3)cc2)C1. The number of nitrogens with zero attached hydrogens (tertiary/aromatic N) is 1. The Morgan fingerprint density at radius 3 is 2.59 bits per heavy atom. The van der Waals surface area contributed by atoms with Crippen LogP contribution in [0.15, 0.2) is 48.5 Å². The summed E-state index contributed by atoms with van der Waals surface area (Å²) in [4.78, 5) is 25.9. The maximum absolute atomic E-state index is 13.2. The Balaban J connectivity index is 1.55. The summed E-state index contributed by atoms with van der Waals surface area (Å²) < 4.78 is 24.1. The quantitative estimate of drug-likeness (QED) is 0.823. The molecule has 1 atom stereocenters. The number of ether oxygens (including phenoxy) is 2. The number of anilines is 1. The van der Waals surface area contributed by atoms with Crippen molar-refractivity contribution in [3.05, 3.63) is 59.9 Å². The molecule has 2 aromatic rings. The van der Waals surface area contributed by atoms with Gasteiger partial charge < -0.3 is 19.7 Å². The molecule has 1 heterocycles. The molecule has 1 aliphatic heterocycles. The van der Waals surface area contributed by atoms with E-state index in [2.05, 4.69) is 5.32 Å². The topological polar surface area (TPSA) is 67.9 Å². The third-order valence-electron chi connectivity index (χ3n) is 4.29. The lowest BCUT2D eigenvalue weighted by molar-refractivity contribution is -0.117. The average molecular weight is 400 g/mol. The van der Waals surface area contributed by atoms with E-state index in [0.717, 1.165) is 11.3 Å². The number of alkyl carbamates (subject to hydrolysis) is 1. The average Bonchev–Trinajstić information content (AvgIpc) is 2.99. The monoisotopic (exact) mass is 400 g/mol. The standard InChI is InChI=1S/C22H25FN2O4/c1-22(2,3)29-21(27)24-17-12-20(26)25(13-17)18-7-9-19(10-8-18)28-14-15-5-4-6-16(23)11-15/h4-11,17H,12-14H2,1-3H3,(H,24,27). The molecule has 29 heavy (non-hydrogen) atoms. The van der Waals surface area contributed by atoms with E-state index in [9.17, 15) is 14.0 Å². The molecule has 0 saturated carbocycles. The molecule has 0 aliphatic carbocycles. The van der Waals surface area contributed by atoms with Gasteiger partial charge in [0.25, 0.3) is 0 Å². The molecule has 1 unspecified atom stereocenters. The lowest BCUT2D eigenvalue weighted by Gasteiger charge is -2.22. The highest BCUT2D eigenvalue weighted by atomic mass is 19.1. The first-order chi connectivity index (χ1) is 13.7. The van der Waals surface area contributed by atoms with Crippen LogP contribution in [0.3, 0.4) is 0 Å². The van der Waals surface area contributed by atoms with E-state index in [1.165, 1.54) is 12.1 Å². The molecule has 7 heteroatoms. The Labute approximate surface area is 169 Å². The molecule has 0 aromatic heterocycles. The van der Waals surface area contributed by atoms with Crippen molar-refractivity contribution in [1.82, 2.24) is 5.32 Å². The highest BCUT2D eigenvalue weighted by molar-refractivity contribution is 5.96. The summed E-state index contributed by atoms with van der Waals surface area (Å²) in [6.07, 6.45) is -0.310. The first-order valence-electron chi connectivity index (χ1n) is 9.47. The second-order valence-electron chi connectivity index (χ2n) is 7.96. The minimum Gasteiger partial charge on any atom is -0.489 e. The molecule has 0 bridgehead atoms. The van der Waals surface area contributed by atoms with Gasteiger partial charge in [-0.1, -0.05) is 12.1 Å². The predicted molar refractivity (Wildman–Crippen MR) is 107 cm³/mol. The van der Waals surface area contributed by atoms with Crippen LogP contribution in [0.1, 0.15) is 32.8 Å². The lowest BCUT2D eigenvalue weighted by Crippen LogP contribution is -2.40. The zero-order valence-electron chi connectivity index (χ0n) is 16.8. The van der Waals surface area contributed by atoms with Crippen molar-refractivity contribution in [2.24, 2.45) is 0 Å². The fourth-order valence-electron chi connectivity index (χ4n) is 3.04. The summed E-state index contributed by atoms with van der Waals surface area (Å²) in [5.74, 6) is 0.246. The first kappa shape index (κ1) is 20.6. The van der Waals surface area contributed by atoms with Crippen molar-refractivity contribution in [2.75, 3.05) is 11.4 Å². The van der Waals surface area contributed by atoms with Gasteiger partial charge in [0.15, 0.2) is 0 Å². The number of hydrogen-bond donors (Lipinski definition) is 1. The van der Waals surface area contributed by atoms with Crippen LogP contribution in [0.25, 0.3) is 0 Å². The van der Waals surface area contributed by atoms with E-state index in [4.69, 9.17) is 9.47 Å². The normalized spacial score (nSPS) is 16.6. The van der Waals surface area contributed by atoms with Gasteiger partial charge in [-0.25, -0.2) is 9.18 Å². The summed E-state index contributed by atoms with van der Waals surface area (Å²) in [5.41, 5.74) is 0.870. The zero-order chi connectivity index (χ0) is 21.0. The molecule has 1 saturated heterocycles. The van der Waals surface area contributed by atoms with Gasteiger partial charge in [-0.05, 0) is 62.7 Å². The fourth-order valence-corrected chi connectivity index (χ4v) is 3.04. The highest BCUT2D eigenvalue weighted by Gasteiger charge is 2.32. The van der Waals surface area contributed by atoms with Crippen molar-refractivity contribution >= 4 is 17.7 Å². The third-order valence-corrected chi connectivity index (χ3v) is 4.29. The van der Waals surface area contributed by atoms with Crippen LogP contribution in [-0.2, 0) is 16.1 Å². The van der Waals surface area contributed by atoms with E-state index in [-0.39, 0.29) is 30.8 Å². The van der Waals surface area contributed by atoms with E-state index >= 15 is 0 Å². The number of benzene rings is 2. The van der Waals surface area contributed by atoms with Gasteiger partial charge in [0.05, 0.1) is 6.04 Å². The van der Waals surface area contributed by atoms with Crippen LogP contribution in [0.5, 0.6) is 5.75 Å². The van der Waals surface area contributed by atoms with Crippen LogP contribution in [0.4, 0.5) is 14.9 Å². The van der Waals surface area contributed by atoms with Gasteiger partial charge in [-0.15, -0.1) is 0 Å². The van der Waals surface area contributed by atoms with Gasteiger partial charge in [0.2, 0.25) is 5.91 Å². The summed E-state index contributed by atoms with van der Waals surface area (Å²) in [6, 6.07) is 13.0. The van der Waals surface area contributed by atoms with Crippen molar-refractivity contribution < 1.29 is 23.5 Å². The van der Waals surface area contributed by atoms with Crippen molar-refractivity contribution in [2.45, 2.75) is 45.4 Å². The van der Waals surface area contributed by atoms with Crippen LogP contribution in [0.2, 0.25) is 0 Å². The molecule has 1 N–H and O–H groups in total. The number of halogens is 1. The summed E-state index contributed by atoms with van der Waals surface area (Å²) in [6.45, 7) is 5.99. The van der Waals surface area contributed by atoms with Crippen LogP contribution >= 0.6 is 0 Å². The molecule has 1 fully saturated rings. The second kappa shape index (κ2) is 8.51. The molecule has 0 radical (unpaired) electrons. The molecule has 2 aromatic carbocycles. The maximum atomic E-state index is 13.2. The van der Waals surface area contributed by atoms with Gasteiger partial charge in [-0.2, -0.15) is 0 Å². The fraction of sp³-hybridized carbons (Fsp3) is 0.364. The van der Waals surface area contributed by atoms with E-state index in [1.807, 2.05) is 0 Å². The van der Waals surface area contributed by atoms with Crippen molar-refractivity contribution in [1.29, 1.82) is 0 Å². The minimum absolute atomic E-state index is 0.0699. The van der Waals surface area contributed by atoms with Gasteiger partial charge in [0.1, 0.15) is 23.8 Å². The smallest absolute Gasteiger partial charge is 0.407 e. The molecule has 1 aliphatic rings. The van der Waals surface area contributed by atoms with Crippen LogP contribution < -0.4 is 15.0 Å². The Morgan fingerprint density at radius 1 is 1.21 bits per heavy atom. The van der Waals surface area contributed by atoms with Crippen molar-refractivity contribution in [3.63, 3.8) is 0 Å². The molecular formula is C22H25FN2O4. The second-order valence-corrected chi connectivity index (χ2v) is 7.96. The Kier molecular flexibility index (Phi) is 6.06. The number of carbonyl (C=O) groups excluding carboxylic acids is 2. The largest absolute Gasteiger partial charge is 0.489 e. The predicted octanol–water partition coefficient (Wildman–Crippen LogP) is 4.03. The van der Waals surface area contributed by atoms with E-state index in [1.54, 1.807) is 62.1 Å². The summed E-state index contributed by atoms with van der Waals surface area (Å²) >= 11 is 0. The molecule has 154 valence electrons. The summed E-state index contributed by atoms with van der Waals surface area (Å²) in [7, 11) is 0. The summed E-state index contributed by atoms with van der Waals surface area (Å²) in [5, 5.41) is 2.74. The van der Waals surface area contributed by atoms with E-state index in [0.29, 0.717) is 12.3 Å². The van der Waals surface area contributed by atoms with Crippen LogP contribution in [0, 0.1) is 5.82 Å². The Bertz CT molecular complexity index is 877. The molecular weight excluding hydrogens is 375 g/mol. The molecule has 3 rings (SSSR count). The Hall–Kier alpha value is -3.09. The molecule has 2 amide bonds.